The van der Waals surface area contributed by atoms with Crippen molar-refractivity contribution in [1.29, 1.82) is 0 Å². The number of hydrogen-bond donors (Lipinski definition) is 1. The summed E-state index contributed by atoms with van der Waals surface area (Å²) in [6.07, 6.45) is 0. The van der Waals surface area contributed by atoms with Gasteiger partial charge in [0.2, 0.25) is 0 Å². The minimum absolute atomic E-state index is 0. The Labute approximate surface area is 170 Å². The van der Waals surface area contributed by atoms with Gasteiger partial charge in [0.15, 0.2) is 0 Å². The lowest BCUT2D eigenvalue weighted by Gasteiger charge is -2.17. The van der Waals surface area contributed by atoms with Crippen molar-refractivity contribution in [1.82, 2.24) is 5.32 Å². The number of hydrogen-bond acceptors (Lipinski definition) is 2. The number of ether oxygens (including phenoxy) is 1. The molecule has 2 nitrogen and oxygen atoms in total. The number of rotatable bonds is 7. The number of benzene rings is 3. The van der Waals surface area contributed by atoms with Crippen LogP contribution in [0.3, 0.4) is 0 Å². The Morgan fingerprint density at radius 1 is 1.00 bits per heavy atom. The zero-order valence-corrected chi connectivity index (χ0v) is 16.6. The quantitative estimate of drug-likeness (QED) is 0.495. The first kappa shape index (κ1) is 21.2. The van der Waals surface area contributed by atoms with Crippen LogP contribution >= 0.6 is 24.0 Å². The minimum Gasteiger partial charge on any atom is -0.489 e. The Morgan fingerprint density at radius 3 is 2.41 bits per heavy atom. The summed E-state index contributed by atoms with van der Waals surface area (Å²) >= 11 is 6.16. The van der Waals surface area contributed by atoms with Crippen LogP contribution in [0.4, 0.5) is 4.39 Å². The molecule has 1 unspecified atom stereocenters. The van der Waals surface area contributed by atoms with E-state index in [2.05, 4.69) is 24.4 Å². The molecule has 0 aromatic heterocycles. The molecular formula is C22H22Cl2FNO. The Balaban J connectivity index is 0.00000261. The van der Waals surface area contributed by atoms with Crippen molar-refractivity contribution in [2.75, 3.05) is 0 Å². The second kappa shape index (κ2) is 10.3. The molecule has 0 heterocycles. The molecule has 0 aliphatic rings. The molecule has 0 saturated heterocycles. The van der Waals surface area contributed by atoms with Crippen LogP contribution in [0.15, 0.2) is 72.8 Å². The maximum absolute atomic E-state index is 13.0. The van der Waals surface area contributed by atoms with Gasteiger partial charge >= 0.3 is 0 Å². The van der Waals surface area contributed by atoms with E-state index in [1.54, 1.807) is 12.1 Å². The highest BCUT2D eigenvalue weighted by Gasteiger charge is 2.09. The molecule has 0 aliphatic carbocycles. The summed E-state index contributed by atoms with van der Waals surface area (Å²) in [5, 5.41) is 4.17. The lowest BCUT2D eigenvalue weighted by molar-refractivity contribution is 0.301. The van der Waals surface area contributed by atoms with Crippen molar-refractivity contribution >= 4 is 24.0 Å². The maximum atomic E-state index is 13.0. The molecule has 1 atom stereocenters. The Bertz CT molecular complexity index is 841. The van der Waals surface area contributed by atoms with Gasteiger partial charge in [0.25, 0.3) is 0 Å². The Hall–Kier alpha value is -2.07. The zero-order valence-electron chi connectivity index (χ0n) is 15.0. The molecule has 27 heavy (non-hydrogen) atoms. The molecular weight excluding hydrogens is 384 g/mol. The second-order valence-electron chi connectivity index (χ2n) is 6.18. The molecule has 0 bridgehead atoms. The molecule has 0 amide bonds. The fraction of sp³-hybridized carbons (Fsp3) is 0.182. The molecule has 0 radical (unpaired) electrons. The highest BCUT2D eigenvalue weighted by atomic mass is 35.5. The summed E-state index contributed by atoms with van der Waals surface area (Å²) < 4.78 is 18.9. The van der Waals surface area contributed by atoms with E-state index in [0.29, 0.717) is 18.2 Å². The average Bonchev–Trinajstić information content (AvgIpc) is 2.67. The molecule has 0 saturated carbocycles. The highest BCUT2D eigenvalue weighted by Crippen LogP contribution is 2.25. The zero-order chi connectivity index (χ0) is 18.4. The Morgan fingerprint density at radius 2 is 1.70 bits per heavy atom. The third-order valence-electron chi connectivity index (χ3n) is 4.23. The van der Waals surface area contributed by atoms with Crippen LogP contribution in [0.25, 0.3) is 0 Å². The van der Waals surface area contributed by atoms with Crippen LogP contribution in [0.5, 0.6) is 5.75 Å². The summed E-state index contributed by atoms with van der Waals surface area (Å²) in [4.78, 5) is 0. The van der Waals surface area contributed by atoms with Crippen molar-refractivity contribution in [2.24, 2.45) is 0 Å². The van der Waals surface area contributed by atoms with Crippen LogP contribution in [-0.2, 0) is 13.2 Å². The summed E-state index contributed by atoms with van der Waals surface area (Å²) in [6, 6.07) is 22.4. The van der Waals surface area contributed by atoms with E-state index in [0.717, 1.165) is 16.9 Å². The van der Waals surface area contributed by atoms with E-state index in [1.807, 2.05) is 36.4 Å². The van der Waals surface area contributed by atoms with Gasteiger partial charge in [-0.05, 0) is 48.4 Å². The molecule has 0 fully saturated rings. The first-order valence-corrected chi connectivity index (χ1v) is 8.93. The fourth-order valence-electron chi connectivity index (χ4n) is 2.69. The topological polar surface area (TPSA) is 21.3 Å². The van der Waals surface area contributed by atoms with Crippen molar-refractivity contribution in [2.45, 2.75) is 26.1 Å². The summed E-state index contributed by atoms with van der Waals surface area (Å²) in [6.45, 7) is 3.14. The first-order chi connectivity index (χ1) is 12.6. The van der Waals surface area contributed by atoms with Crippen molar-refractivity contribution in [3.8, 4) is 5.75 Å². The molecule has 3 aromatic rings. The van der Waals surface area contributed by atoms with Crippen LogP contribution in [0.1, 0.15) is 29.7 Å². The lowest BCUT2D eigenvalue weighted by Crippen LogP contribution is -2.18. The lowest BCUT2D eigenvalue weighted by atomic mass is 10.1. The Kier molecular flexibility index (Phi) is 8.11. The summed E-state index contributed by atoms with van der Waals surface area (Å²) in [7, 11) is 0. The summed E-state index contributed by atoms with van der Waals surface area (Å²) in [5.74, 6) is 0.520. The van der Waals surface area contributed by atoms with E-state index < -0.39 is 0 Å². The van der Waals surface area contributed by atoms with E-state index in [1.165, 1.54) is 17.7 Å². The van der Waals surface area contributed by atoms with E-state index >= 15 is 0 Å². The van der Waals surface area contributed by atoms with Gasteiger partial charge in [0.1, 0.15) is 18.2 Å². The second-order valence-corrected chi connectivity index (χ2v) is 6.62. The molecule has 142 valence electrons. The van der Waals surface area contributed by atoms with E-state index in [-0.39, 0.29) is 24.3 Å². The van der Waals surface area contributed by atoms with Crippen LogP contribution in [0.2, 0.25) is 5.02 Å². The normalized spacial score (nSPS) is 11.5. The van der Waals surface area contributed by atoms with Gasteiger partial charge in [-0.2, -0.15) is 0 Å². The smallest absolute Gasteiger partial charge is 0.124 e. The van der Waals surface area contributed by atoms with Crippen molar-refractivity contribution in [3.05, 3.63) is 100 Å². The molecule has 0 aliphatic heterocycles. The monoisotopic (exact) mass is 405 g/mol. The molecule has 5 heteroatoms. The van der Waals surface area contributed by atoms with Gasteiger partial charge in [-0.3, -0.25) is 0 Å². The summed E-state index contributed by atoms with van der Waals surface area (Å²) in [5.41, 5.74) is 3.13. The number of halogens is 3. The van der Waals surface area contributed by atoms with Gasteiger partial charge < -0.3 is 10.1 Å². The van der Waals surface area contributed by atoms with Crippen LogP contribution in [-0.4, -0.2) is 0 Å². The molecule has 1 N–H and O–H groups in total. The predicted octanol–water partition coefficient (Wildman–Crippen LogP) is 6.33. The molecule has 3 aromatic carbocycles. The first-order valence-electron chi connectivity index (χ1n) is 8.56. The fourth-order valence-corrected chi connectivity index (χ4v) is 2.89. The molecule has 0 spiro atoms. The van der Waals surface area contributed by atoms with Gasteiger partial charge in [0.05, 0.1) is 0 Å². The highest BCUT2D eigenvalue weighted by molar-refractivity contribution is 6.30. The average molecular weight is 406 g/mol. The minimum atomic E-state index is -0.250. The van der Waals surface area contributed by atoms with Crippen molar-refractivity contribution in [3.63, 3.8) is 0 Å². The third-order valence-corrected chi connectivity index (χ3v) is 4.46. The predicted molar refractivity (Wildman–Crippen MR) is 111 cm³/mol. The van der Waals surface area contributed by atoms with E-state index in [4.69, 9.17) is 16.3 Å². The third kappa shape index (κ3) is 6.24. The largest absolute Gasteiger partial charge is 0.489 e. The van der Waals surface area contributed by atoms with Gasteiger partial charge in [-0.1, -0.05) is 54.1 Å². The van der Waals surface area contributed by atoms with Crippen LogP contribution < -0.4 is 10.1 Å². The van der Waals surface area contributed by atoms with Gasteiger partial charge in [-0.25, -0.2) is 4.39 Å². The molecule has 3 rings (SSSR count). The SMILES string of the molecule is CC(NCc1cc(Cl)ccc1OCc1ccc(F)cc1)c1ccccc1.Cl. The van der Waals surface area contributed by atoms with E-state index in [9.17, 15) is 4.39 Å². The maximum Gasteiger partial charge on any atom is 0.124 e. The van der Waals surface area contributed by atoms with Gasteiger partial charge in [-0.15, -0.1) is 12.4 Å². The standard InChI is InChI=1S/C22H21ClFNO.ClH/c1-16(18-5-3-2-4-6-18)25-14-19-13-20(23)9-12-22(19)26-15-17-7-10-21(24)11-8-17;/h2-13,16,25H,14-15H2,1H3;1H. The van der Waals surface area contributed by atoms with Crippen molar-refractivity contribution < 1.29 is 9.13 Å². The number of nitrogens with one attached hydrogen (secondary N) is 1. The van der Waals surface area contributed by atoms with Gasteiger partial charge in [0, 0.05) is 23.2 Å². The van der Waals surface area contributed by atoms with Crippen LogP contribution in [0, 0.1) is 5.82 Å².